The number of hydrogen-bond donors (Lipinski definition) is 1. The van der Waals surface area contributed by atoms with Crippen LogP contribution in [0.15, 0.2) is 16.9 Å². The zero-order valence-electron chi connectivity index (χ0n) is 7.66. The van der Waals surface area contributed by atoms with E-state index in [1.165, 1.54) is 6.07 Å². The molecule has 1 heterocycles. The average molecular weight is 179 g/mol. The molecule has 1 aromatic rings. The van der Waals surface area contributed by atoms with Crippen molar-refractivity contribution in [1.29, 1.82) is 0 Å². The fraction of sp³-hybridized carbons (Fsp3) is 0.500. The highest BCUT2D eigenvalue weighted by atomic mass is 16.3. The quantitative estimate of drug-likeness (QED) is 0.638. The smallest absolute Gasteiger partial charge is 0.250 e. The second kappa shape index (κ2) is 3.00. The predicted octanol–water partition coefficient (Wildman–Crippen LogP) is 0.755. The average Bonchev–Trinajstić information content (AvgIpc) is 2.12. The topological polar surface area (TPSA) is 42.2 Å². The number of hydrogen-bond acceptors (Lipinski definition) is 2. The Labute approximate surface area is 76.6 Å². The lowest BCUT2D eigenvalue weighted by molar-refractivity contribution is 0.154. The molecule has 70 valence electrons. The molecule has 2 rings (SSSR count). The molecule has 1 aliphatic carbocycles. The van der Waals surface area contributed by atoms with E-state index in [-0.39, 0.29) is 11.7 Å². The molecule has 0 aliphatic heterocycles. The van der Waals surface area contributed by atoms with Gasteiger partial charge in [0, 0.05) is 24.4 Å². The summed E-state index contributed by atoms with van der Waals surface area (Å²) in [6.07, 6.45) is 2.30. The van der Waals surface area contributed by atoms with Gasteiger partial charge in [0.1, 0.15) is 0 Å². The Kier molecular flexibility index (Phi) is 1.96. The molecule has 0 radical (unpaired) electrons. The number of aliphatic hydroxyl groups is 1. The fourth-order valence-electron chi connectivity index (χ4n) is 1.93. The van der Waals surface area contributed by atoms with Gasteiger partial charge in [0.05, 0.1) is 6.10 Å². The van der Waals surface area contributed by atoms with Crippen LogP contribution < -0.4 is 5.56 Å². The van der Waals surface area contributed by atoms with E-state index in [9.17, 15) is 9.90 Å². The molecule has 3 nitrogen and oxygen atoms in total. The van der Waals surface area contributed by atoms with Crippen molar-refractivity contribution in [3.05, 3.63) is 33.7 Å². The van der Waals surface area contributed by atoms with Crippen LogP contribution in [-0.4, -0.2) is 9.67 Å². The minimum Gasteiger partial charge on any atom is -0.388 e. The molecule has 3 heteroatoms. The van der Waals surface area contributed by atoms with E-state index in [0.717, 1.165) is 30.5 Å². The van der Waals surface area contributed by atoms with Crippen LogP contribution in [0.4, 0.5) is 0 Å². The largest absolute Gasteiger partial charge is 0.388 e. The molecular weight excluding hydrogens is 166 g/mol. The lowest BCUT2D eigenvalue weighted by Gasteiger charge is -2.22. The van der Waals surface area contributed by atoms with Gasteiger partial charge in [-0.15, -0.1) is 0 Å². The zero-order chi connectivity index (χ0) is 9.42. The van der Waals surface area contributed by atoms with Crippen molar-refractivity contribution in [2.24, 2.45) is 7.05 Å². The normalized spacial score (nSPS) is 21.2. The van der Waals surface area contributed by atoms with Gasteiger partial charge in [0.15, 0.2) is 0 Å². The Morgan fingerprint density at radius 3 is 3.08 bits per heavy atom. The van der Waals surface area contributed by atoms with E-state index in [4.69, 9.17) is 0 Å². The maximum absolute atomic E-state index is 11.3. The number of aromatic nitrogens is 1. The highest BCUT2D eigenvalue weighted by molar-refractivity contribution is 5.25. The molecule has 0 spiro atoms. The van der Waals surface area contributed by atoms with Crippen molar-refractivity contribution in [1.82, 2.24) is 4.57 Å². The van der Waals surface area contributed by atoms with Crippen LogP contribution in [0.1, 0.15) is 30.2 Å². The summed E-state index contributed by atoms with van der Waals surface area (Å²) in [5, 5.41) is 9.66. The van der Waals surface area contributed by atoms with Crippen molar-refractivity contribution >= 4 is 0 Å². The number of fused-ring (bicyclic) bond motifs is 1. The first kappa shape index (κ1) is 8.51. The molecule has 1 N–H and O–H groups in total. The predicted molar refractivity (Wildman–Crippen MR) is 49.6 cm³/mol. The summed E-state index contributed by atoms with van der Waals surface area (Å²) in [5.74, 6) is 0. The third kappa shape index (κ3) is 1.29. The molecule has 0 fully saturated rings. The second-order valence-electron chi connectivity index (χ2n) is 3.54. The summed E-state index contributed by atoms with van der Waals surface area (Å²) in [5.41, 5.74) is 1.92. The maximum Gasteiger partial charge on any atom is 0.250 e. The Morgan fingerprint density at radius 2 is 2.31 bits per heavy atom. The van der Waals surface area contributed by atoms with E-state index in [1.54, 1.807) is 17.7 Å². The SMILES string of the molecule is Cn1c2c(ccc1=O)C(O)CCC2. The van der Waals surface area contributed by atoms with Gasteiger partial charge >= 0.3 is 0 Å². The molecule has 1 aliphatic rings. The molecule has 1 atom stereocenters. The number of pyridine rings is 1. The fourth-order valence-corrected chi connectivity index (χ4v) is 1.93. The van der Waals surface area contributed by atoms with Crippen molar-refractivity contribution in [2.75, 3.05) is 0 Å². The van der Waals surface area contributed by atoms with E-state index >= 15 is 0 Å². The Bertz CT molecular complexity index is 381. The number of rotatable bonds is 0. The Balaban J connectivity index is 2.63. The first-order chi connectivity index (χ1) is 6.20. The van der Waals surface area contributed by atoms with Crippen LogP contribution in [-0.2, 0) is 13.5 Å². The maximum atomic E-state index is 11.3. The van der Waals surface area contributed by atoms with Gasteiger partial charge in [0.25, 0.3) is 0 Å². The van der Waals surface area contributed by atoms with Gasteiger partial charge in [-0.1, -0.05) is 0 Å². The summed E-state index contributed by atoms with van der Waals surface area (Å²) in [7, 11) is 1.76. The van der Waals surface area contributed by atoms with Crippen molar-refractivity contribution in [3.8, 4) is 0 Å². The Morgan fingerprint density at radius 1 is 1.54 bits per heavy atom. The summed E-state index contributed by atoms with van der Waals surface area (Å²) in [6.45, 7) is 0. The van der Waals surface area contributed by atoms with Gasteiger partial charge in [-0.3, -0.25) is 4.79 Å². The molecule has 0 amide bonds. The van der Waals surface area contributed by atoms with Crippen LogP contribution in [0.3, 0.4) is 0 Å². The molecule has 0 aromatic carbocycles. The molecule has 13 heavy (non-hydrogen) atoms. The minimum absolute atomic E-state index is 0.00727. The second-order valence-corrected chi connectivity index (χ2v) is 3.54. The van der Waals surface area contributed by atoms with E-state index in [0.29, 0.717) is 0 Å². The monoisotopic (exact) mass is 179 g/mol. The summed E-state index contributed by atoms with van der Waals surface area (Å²) < 4.78 is 1.64. The summed E-state index contributed by atoms with van der Waals surface area (Å²) in [6, 6.07) is 3.27. The minimum atomic E-state index is -0.379. The molecule has 1 unspecified atom stereocenters. The van der Waals surface area contributed by atoms with Gasteiger partial charge in [-0.05, 0) is 25.3 Å². The number of nitrogens with zero attached hydrogens (tertiary/aromatic N) is 1. The lowest BCUT2D eigenvalue weighted by Crippen LogP contribution is -2.24. The molecule has 0 bridgehead atoms. The summed E-state index contributed by atoms with van der Waals surface area (Å²) in [4.78, 5) is 11.3. The van der Waals surface area contributed by atoms with Gasteiger partial charge in [0.2, 0.25) is 5.56 Å². The highest BCUT2D eigenvalue weighted by Gasteiger charge is 2.19. The molecule has 0 saturated heterocycles. The molecular formula is C10H13NO2. The van der Waals surface area contributed by atoms with E-state index in [1.807, 2.05) is 0 Å². The zero-order valence-corrected chi connectivity index (χ0v) is 7.66. The first-order valence-corrected chi connectivity index (χ1v) is 4.57. The van der Waals surface area contributed by atoms with Gasteiger partial charge < -0.3 is 9.67 Å². The molecule has 1 aromatic heterocycles. The van der Waals surface area contributed by atoms with Crippen molar-refractivity contribution < 1.29 is 5.11 Å². The lowest BCUT2D eigenvalue weighted by atomic mass is 9.93. The Hall–Kier alpha value is -1.09. The third-order valence-electron chi connectivity index (χ3n) is 2.72. The van der Waals surface area contributed by atoms with Gasteiger partial charge in [-0.25, -0.2) is 0 Å². The van der Waals surface area contributed by atoms with Gasteiger partial charge in [-0.2, -0.15) is 0 Å². The van der Waals surface area contributed by atoms with Crippen LogP contribution in [0.2, 0.25) is 0 Å². The van der Waals surface area contributed by atoms with E-state index < -0.39 is 0 Å². The van der Waals surface area contributed by atoms with Crippen LogP contribution >= 0.6 is 0 Å². The number of aliphatic hydroxyl groups excluding tert-OH is 1. The van der Waals surface area contributed by atoms with Crippen LogP contribution in [0.25, 0.3) is 0 Å². The van der Waals surface area contributed by atoms with Crippen molar-refractivity contribution in [2.45, 2.75) is 25.4 Å². The first-order valence-electron chi connectivity index (χ1n) is 4.57. The van der Waals surface area contributed by atoms with Crippen LogP contribution in [0.5, 0.6) is 0 Å². The highest BCUT2D eigenvalue weighted by Crippen LogP contribution is 2.27. The van der Waals surface area contributed by atoms with Crippen molar-refractivity contribution in [3.63, 3.8) is 0 Å². The summed E-state index contributed by atoms with van der Waals surface area (Å²) >= 11 is 0. The molecule has 0 saturated carbocycles. The van der Waals surface area contributed by atoms with E-state index in [2.05, 4.69) is 0 Å². The standard InChI is InChI=1S/C10H13NO2/c1-11-8-3-2-4-9(12)7(8)5-6-10(11)13/h5-6,9,12H,2-4H2,1H3. The third-order valence-corrected chi connectivity index (χ3v) is 2.72. The van der Waals surface area contributed by atoms with Crippen LogP contribution in [0, 0.1) is 0 Å².